The zero-order valence-electron chi connectivity index (χ0n) is 11.8. The number of amides is 1. The molecule has 1 heterocycles. The summed E-state index contributed by atoms with van der Waals surface area (Å²) in [5, 5.41) is 2.71. The van der Waals surface area contributed by atoms with Gasteiger partial charge in [0, 0.05) is 18.9 Å². The Balaban J connectivity index is 2.01. The summed E-state index contributed by atoms with van der Waals surface area (Å²) in [6.07, 6.45) is 4.74. The Labute approximate surface area is 114 Å². The van der Waals surface area contributed by atoms with Gasteiger partial charge in [-0.1, -0.05) is 0 Å². The van der Waals surface area contributed by atoms with Crippen molar-refractivity contribution in [3.05, 3.63) is 24.5 Å². The van der Waals surface area contributed by atoms with Gasteiger partial charge in [0.25, 0.3) is 0 Å². The Kier molecular flexibility index (Phi) is 6.12. The predicted molar refractivity (Wildman–Crippen MR) is 73.2 cm³/mol. The second-order valence-electron chi connectivity index (χ2n) is 5.17. The molecule has 0 aliphatic rings. The van der Waals surface area contributed by atoms with E-state index < -0.39 is 5.60 Å². The predicted octanol–water partition coefficient (Wildman–Crippen LogP) is 2.77. The molecule has 0 spiro atoms. The minimum Gasteiger partial charge on any atom is -0.493 e. The number of carbonyl (C=O) groups is 1. The Morgan fingerprint density at radius 3 is 2.58 bits per heavy atom. The minimum absolute atomic E-state index is 0.373. The molecule has 0 radical (unpaired) electrons. The van der Waals surface area contributed by atoms with Crippen molar-refractivity contribution < 1.29 is 14.3 Å². The Morgan fingerprint density at radius 2 is 1.95 bits per heavy atom. The van der Waals surface area contributed by atoms with E-state index in [2.05, 4.69) is 10.3 Å². The number of nitrogens with zero attached hydrogens (tertiary/aromatic N) is 1. The van der Waals surface area contributed by atoms with Crippen molar-refractivity contribution in [2.75, 3.05) is 13.2 Å². The fraction of sp³-hybridized carbons (Fsp3) is 0.571. The number of nitrogens with one attached hydrogen (secondary N) is 1. The summed E-state index contributed by atoms with van der Waals surface area (Å²) in [5.41, 5.74) is -0.450. The quantitative estimate of drug-likeness (QED) is 0.804. The van der Waals surface area contributed by atoms with Crippen LogP contribution in [0.4, 0.5) is 4.79 Å². The van der Waals surface area contributed by atoms with Crippen LogP contribution in [0, 0.1) is 0 Å². The molecule has 0 aliphatic carbocycles. The van der Waals surface area contributed by atoms with Gasteiger partial charge in [-0.05, 0) is 45.7 Å². The molecule has 1 aromatic rings. The lowest BCUT2D eigenvalue weighted by Gasteiger charge is -2.19. The molecule has 0 aromatic carbocycles. The normalized spacial score (nSPS) is 10.9. The van der Waals surface area contributed by atoms with Crippen LogP contribution in [-0.4, -0.2) is 29.8 Å². The number of aromatic nitrogens is 1. The van der Waals surface area contributed by atoms with E-state index in [9.17, 15) is 4.79 Å². The lowest BCUT2D eigenvalue weighted by Crippen LogP contribution is -2.33. The molecule has 1 N–H and O–H groups in total. The summed E-state index contributed by atoms with van der Waals surface area (Å²) in [4.78, 5) is 15.3. The first-order valence-corrected chi connectivity index (χ1v) is 6.47. The fourth-order valence-electron chi connectivity index (χ4n) is 1.36. The maximum atomic E-state index is 11.3. The summed E-state index contributed by atoms with van der Waals surface area (Å²) < 4.78 is 10.6. The first-order chi connectivity index (χ1) is 8.97. The summed E-state index contributed by atoms with van der Waals surface area (Å²) >= 11 is 0. The average molecular weight is 266 g/mol. The van der Waals surface area contributed by atoms with E-state index in [1.807, 2.05) is 32.9 Å². The van der Waals surface area contributed by atoms with Gasteiger partial charge in [-0.3, -0.25) is 4.98 Å². The molecular formula is C14H22N2O3. The highest BCUT2D eigenvalue weighted by Gasteiger charge is 2.15. The van der Waals surface area contributed by atoms with Crippen LogP contribution in [0.5, 0.6) is 5.75 Å². The molecule has 1 rings (SSSR count). The number of rotatable bonds is 6. The van der Waals surface area contributed by atoms with E-state index in [0.29, 0.717) is 13.2 Å². The Morgan fingerprint density at radius 1 is 1.26 bits per heavy atom. The molecule has 19 heavy (non-hydrogen) atoms. The van der Waals surface area contributed by atoms with E-state index >= 15 is 0 Å². The average Bonchev–Trinajstić information content (AvgIpc) is 2.32. The first kappa shape index (κ1) is 15.3. The van der Waals surface area contributed by atoms with Gasteiger partial charge in [-0.25, -0.2) is 4.79 Å². The zero-order chi connectivity index (χ0) is 14.1. The van der Waals surface area contributed by atoms with Crippen molar-refractivity contribution in [3.63, 3.8) is 0 Å². The molecule has 5 heteroatoms. The van der Waals surface area contributed by atoms with Gasteiger partial charge in [0.15, 0.2) is 0 Å². The van der Waals surface area contributed by atoms with Crippen molar-refractivity contribution >= 4 is 6.09 Å². The number of ether oxygens (including phenoxy) is 2. The van der Waals surface area contributed by atoms with Crippen LogP contribution in [0.15, 0.2) is 24.5 Å². The van der Waals surface area contributed by atoms with Crippen LogP contribution >= 0.6 is 0 Å². The molecule has 1 aromatic heterocycles. The van der Waals surface area contributed by atoms with Gasteiger partial charge in [-0.2, -0.15) is 0 Å². The van der Waals surface area contributed by atoms with E-state index in [0.717, 1.165) is 18.6 Å². The van der Waals surface area contributed by atoms with Gasteiger partial charge in [0.05, 0.1) is 6.61 Å². The van der Waals surface area contributed by atoms with Gasteiger partial charge in [0.1, 0.15) is 11.4 Å². The third kappa shape index (κ3) is 8.02. The van der Waals surface area contributed by atoms with Crippen LogP contribution in [-0.2, 0) is 4.74 Å². The summed E-state index contributed by atoms with van der Waals surface area (Å²) in [6, 6.07) is 3.64. The van der Waals surface area contributed by atoms with Crippen LogP contribution in [0.3, 0.4) is 0 Å². The highest BCUT2D eigenvalue weighted by molar-refractivity contribution is 5.67. The minimum atomic E-state index is -0.450. The topological polar surface area (TPSA) is 60.5 Å². The van der Waals surface area contributed by atoms with Gasteiger partial charge in [-0.15, -0.1) is 0 Å². The maximum Gasteiger partial charge on any atom is 0.407 e. The molecule has 1 amide bonds. The Bertz CT molecular complexity index is 374. The standard InChI is InChI=1S/C14H22N2O3/c1-14(2,3)19-13(17)16-8-4-5-11-18-12-6-9-15-10-7-12/h6-7,9-10H,4-5,8,11H2,1-3H3,(H,16,17). The monoisotopic (exact) mass is 266 g/mol. The number of carbonyl (C=O) groups excluding carboxylic acids is 1. The SMILES string of the molecule is CC(C)(C)OC(=O)NCCCCOc1ccncc1. The van der Waals surface area contributed by atoms with Crippen LogP contribution in [0.1, 0.15) is 33.6 Å². The number of pyridine rings is 1. The van der Waals surface area contributed by atoms with E-state index in [1.54, 1.807) is 12.4 Å². The number of hydrogen-bond donors (Lipinski definition) is 1. The molecule has 0 atom stereocenters. The van der Waals surface area contributed by atoms with Crippen LogP contribution in [0.25, 0.3) is 0 Å². The van der Waals surface area contributed by atoms with Gasteiger partial charge >= 0.3 is 6.09 Å². The maximum absolute atomic E-state index is 11.3. The van der Waals surface area contributed by atoms with Crippen molar-refractivity contribution in [1.29, 1.82) is 0 Å². The largest absolute Gasteiger partial charge is 0.493 e. The van der Waals surface area contributed by atoms with Gasteiger partial charge in [0.2, 0.25) is 0 Å². The lowest BCUT2D eigenvalue weighted by atomic mass is 10.2. The summed E-state index contributed by atoms with van der Waals surface area (Å²) in [7, 11) is 0. The highest BCUT2D eigenvalue weighted by Crippen LogP contribution is 2.08. The summed E-state index contributed by atoms with van der Waals surface area (Å²) in [5.74, 6) is 0.815. The van der Waals surface area contributed by atoms with Crippen molar-refractivity contribution in [2.24, 2.45) is 0 Å². The van der Waals surface area contributed by atoms with Crippen molar-refractivity contribution in [1.82, 2.24) is 10.3 Å². The molecular weight excluding hydrogens is 244 g/mol. The second kappa shape index (κ2) is 7.61. The zero-order valence-corrected chi connectivity index (χ0v) is 11.8. The van der Waals surface area contributed by atoms with E-state index in [4.69, 9.17) is 9.47 Å². The molecule has 0 saturated heterocycles. The smallest absolute Gasteiger partial charge is 0.407 e. The molecule has 0 bridgehead atoms. The summed E-state index contributed by atoms with van der Waals surface area (Å²) in [6.45, 7) is 6.74. The van der Waals surface area contributed by atoms with Crippen LogP contribution in [0.2, 0.25) is 0 Å². The molecule has 0 fully saturated rings. The van der Waals surface area contributed by atoms with Crippen LogP contribution < -0.4 is 10.1 Å². The molecule has 0 saturated carbocycles. The third-order valence-electron chi connectivity index (χ3n) is 2.16. The van der Waals surface area contributed by atoms with E-state index in [-0.39, 0.29) is 6.09 Å². The Hall–Kier alpha value is -1.78. The molecule has 0 aliphatic heterocycles. The van der Waals surface area contributed by atoms with E-state index in [1.165, 1.54) is 0 Å². The molecule has 106 valence electrons. The van der Waals surface area contributed by atoms with Gasteiger partial charge < -0.3 is 14.8 Å². The second-order valence-corrected chi connectivity index (χ2v) is 5.17. The third-order valence-corrected chi connectivity index (χ3v) is 2.16. The molecule has 0 unspecified atom stereocenters. The molecule has 5 nitrogen and oxygen atoms in total. The number of alkyl carbamates (subject to hydrolysis) is 1. The lowest BCUT2D eigenvalue weighted by molar-refractivity contribution is 0.0526. The number of hydrogen-bond acceptors (Lipinski definition) is 4. The van der Waals surface area contributed by atoms with Crippen molar-refractivity contribution in [3.8, 4) is 5.75 Å². The number of unbranched alkanes of at least 4 members (excludes halogenated alkanes) is 1. The van der Waals surface area contributed by atoms with Crippen molar-refractivity contribution in [2.45, 2.75) is 39.2 Å². The first-order valence-electron chi connectivity index (χ1n) is 6.47. The highest BCUT2D eigenvalue weighted by atomic mass is 16.6. The fourth-order valence-corrected chi connectivity index (χ4v) is 1.36.